The molecule has 0 unspecified atom stereocenters. The number of carbonyl (C=O) groups is 1. The number of nitrogens with zero attached hydrogens (tertiary/aromatic N) is 1. The van der Waals surface area contributed by atoms with Crippen LogP contribution in [0.2, 0.25) is 0 Å². The number of amides is 1. The molecule has 0 rings (SSSR count). The molecule has 0 saturated carbocycles. The molecule has 0 aliphatic heterocycles. The number of allylic oxidation sites excluding steroid dienone is 1. The van der Waals surface area contributed by atoms with E-state index < -0.39 is 10.4 Å². The van der Waals surface area contributed by atoms with Gasteiger partial charge in [-0.2, -0.15) is 8.42 Å². The Bertz CT molecular complexity index is 361. The fourth-order valence-corrected chi connectivity index (χ4v) is 0.623. The van der Waals surface area contributed by atoms with Crippen LogP contribution in [0.5, 0.6) is 0 Å². The maximum atomic E-state index is 10.4. The molecular weight excluding hydrogens is 284 g/mol. The Kier molecular flexibility index (Phi) is 17.4. The molecule has 0 heterocycles. The SMILES string of the molecule is CCCC/C=C(\C)C(N)=O.CN(C)C.COS(=O)(=O)O. The normalized spacial score (nSPS) is 11.1. The third-order valence-electron chi connectivity index (χ3n) is 1.61. The topological polar surface area (TPSA) is 110 Å². The van der Waals surface area contributed by atoms with Gasteiger partial charge in [0.15, 0.2) is 0 Å². The van der Waals surface area contributed by atoms with Gasteiger partial charge in [-0.3, -0.25) is 13.5 Å². The van der Waals surface area contributed by atoms with Crippen LogP contribution in [0.1, 0.15) is 33.1 Å². The molecule has 0 radical (unpaired) electrons. The molecule has 8 heteroatoms. The first-order chi connectivity index (χ1) is 8.97. The predicted molar refractivity (Wildman–Crippen MR) is 80.6 cm³/mol. The van der Waals surface area contributed by atoms with Crippen LogP contribution in [0.4, 0.5) is 0 Å². The summed E-state index contributed by atoms with van der Waals surface area (Å²) in [5.41, 5.74) is 5.69. The predicted octanol–water partition coefficient (Wildman–Crippen LogP) is 1.22. The summed E-state index contributed by atoms with van der Waals surface area (Å²) in [5, 5.41) is 0. The molecule has 0 atom stereocenters. The van der Waals surface area contributed by atoms with Crippen molar-refractivity contribution in [2.75, 3.05) is 28.3 Å². The van der Waals surface area contributed by atoms with Crippen molar-refractivity contribution >= 4 is 16.3 Å². The van der Waals surface area contributed by atoms with Gasteiger partial charge in [0.25, 0.3) is 0 Å². The molecule has 20 heavy (non-hydrogen) atoms. The molecule has 122 valence electrons. The summed E-state index contributed by atoms with van der Waals surface area (Å²) in [6, 6.07) is 0. The zero-order valence-corrected chi connectivity index (χ0v) is 14.0. The minimum Gasteiger partial charge on any atom is -0.366 e. The molecule has 1 amide bonds. The molecule has 0 aliphatic carbocycles. The van der Waals surface area contributed by atoms with Crippen LogP contribution in [0.15, 0.2) is 11.6 Å². The Hall–Kier alpha value is -0.960. The quantitative estimate of drug-likeness (QED) is 0.449. The Labute approximate surface area is 122 Å². The molecule has 0 aromatic heterocycles. The van der Waals surface area contributed by atoms with Gasteiger partial charge in [0.05, 0.1) is 7.11 Å². The molecule has 0 aromatic carbocycles. The van der Waals surface area contributed by atoms with Crippen LogP contribution >= 0.6 is 0 Å². The lowest BCUT2D eigenvalue weighted by Crippen LogP contribution is -2.11. The maximum Gasteiger partial charge on any atom is 0.397 e. The van der Waals surface area contributed by atoms with Gasteiger partial charge in [-0.1, -0.05) is 25.8 Å². The molecule has 3 N–H and O–H groups in total. The van der Waals surface area contributed by atoms with Gasteiger partial charge in [-0.25, -0.2) is 0 Å². The molecular formula is C12H28N2O5S. The number of unbranched alkanes of at least 4 members (excludes halogenated alkanes) is 2. The minimum atomic E-state index is -4.16. The van der Waals surface area contributed by atoms with Crippen LogP contribution in [-0.4, -0.2) is 52.0 Å². The molecule has 0 fully saturated rings. The summed E-state index contributed by atoms with van der Waals surface area (Å²) in [7, 11) is 2.71. The molecule has 0 spiro atoms. The first kappa shape index (κ1) is 24.1. The number of hydrogen-bond acceptors (Lipinski definition) is 5. The average Bonchev–Trinajstić information content (AvgIpc) is 2.28. The van der Waals surface area contributed by atoms with Gasteiger partial charge in [0.2, 0.25) is 5.91 Å². The lowest BCUT2D eigenvalue weighted by molar-refractivity contribution is -0.114. The van der Waals surface area contributed by atoms with E-state index in [-0.39, 0.29) is 5.91 Å². The summed E-state index contributed by atoms with van der Waals surface area (Å²) >= 11 is 0. The lowest BCUT2D eigenvalue weighted by Gasteiger charge is -1.92. The third kappa shape index (κ3) is 36.0. The summed E-state index contributed by atoms with van der Waals surface area (Å²) in [6.07, 6.45) is 5.14. The fourth-order valence-electron chi connectivity index (χ4n) is 0.623. The van der Waals surface area contributed by atoms with Crippen LogP contribution in [0.25, 0.3) is 0 Å². The largest absolute Gasteiger partial charge is 0.397 e. The molecule has 0 aliphatic rings. The summed E-state index contributed by atoms with van der Waals surface area (Å²) in [5.74, 6) is -0.309. The lowest BCUT2D eigenvalue weighted by atomic mass is 10.2. The van der Waals surface area contributed by atoms with Crippen LogP contribution < -0.4 is 5.73 Å². The average molecular weight is 312 g/mol. The van der Waals surface area contributed by atoms with Gasteiger partial charge in [-0.05, 0) is 34.5 Å². The van der Waals surface area contributed by atoms with E-state index in [2.05, 4.69) is 11.1 Å². The van der Waals surface area contributed by atoms with Gasteiger partial charge in [-0.15, -0.1) is 0 Å². The van der Waals surface area contributed by atoms with Crippen LogP contribution in [0, 0.1) is 0 Å². The van der Waals surface area contributed by atoms with Crippen molar-refractivity contribution in [1.82, 2.24) is 4.90 Å². The first-order valence-corrected chi connectivity index (χ1v) is 7.44. The summed E-state index contributed by atoms with van der Waals surface area (Å²) in [4.78, 5) is 12.4. The highest BCUT2D eigenvalue weighted by atomic mass is 32.3. The summed E-state index contributed by atoms with van der Waals surface area (Å²) in [6.45, 7) is 3.87. The number of carbonyl (C=O) groups excluding carboxylic acids is 1. The van der Waals surface area contributed by atoms with Gasteiger partial charge < -0.3 is 10.6 Å². The third-order valence-corrected chi connectivity index (χ3v) is 2.03. The van der Waals surface area contributed by atoms with Gasteiger partial charge in [0, 0.05) is 5.57 Å². The number of rotatable bonds is 5. The smallest absolute Gasteiger partial charge is 0.366 e. The Morgan fingerprint density at radius 3 is 1.90 bits per heavy atom. The molecule has 0 aromatic rings. The molecule has 7 nitrogen and oxygen atoms in total. The van der Waals surface area contributed by atoms with E-state index in [4.69, 9.17) is 10.3 Å². The van der Waals surface area contributed by atoms with Crippen LogP contribution in [0.3, 0.4) is 0 Å². The number of hydrogen-bond donors (Lipinski definition) is 2. The van der Waals surface area contributed by atoms with E-state index in [1.807, 2.05) is 32.1 Å². The maximum absolute atomic E-state index is 10.4. The second kappa shape index (κ2) is 14.4. The van der Waals surface area contributed by atoms with Crippen molar-refractivity contribution in [3.63, 3.8) is 0 Å². The highest BCUT2D eigenvalue weighted by Gasteiger charge is 1.94. The van der Waals surface area contributed by atoms with Crippen molar-refractivity contribution in [2.24, 2.45) is 5.73 Å². The van der Waals surface area contributed by atoms with Crippen LogP contribution in [-0.2, 0) is 19.4 Å². The Morgan fingerprint density at radius 2 is 1.70 bits per heavy atom. The number of nitrogens with two attached hydrogens (primary N) is 1. The van der Waals surface area contributed by atoms with Crippen molar-refractivity contribution in [1.29, 1.82) is 0 Å². The molecule has 0 saturated heterocycles. The monoisotopic (exact) mass is 312 g/mol. The van der Waals surface area contributed by atoms with Crippen molar-refractivity contribution in [2.45, 2.75) is 33.1 Å². The van der Waals surface area contributed by atoms with Crippen molar-refractivity contribution in [3.8, 4) is 0 Å². The van der Waals surface area contributed by atoms with Crippen molar-refractivity contribution < 1.29 is 21.9 Å². The van der Waals surface area contributed by atoms with E-state index in [0.717, 1.165) is 26.4 Å². The van der Waals surface area contributed by atoms with E-state index in [9.17, 15) is 13.2 Å². The van der Waals surface area contributed by atoms with E-state index in [1.54, 1.807) is 6.92 Å². The van der Waals surface area contributed by atoms with E-state index >= 15 is 0 Å². The van der Waals surface area contributed by atoms with Crippen molar-refractivity contribution in [3.05, 3.63) is 11.6 Å². The first-order valence-electron chi connectivity index (χ1n) is 6.08. The van der Waals surface area contributed by atoms with E-state index in [0.29, 0.717) is 5.57 Å². The minimum absolute atomic E-state index is 0.309. The van der Waals surface area contributed by atoms with Gasteiger partial charge >= 0.3 is 10.4 Å². The second-order valence-electron chi connectivity index (χ2n) is 4.33. The highest BCUT2D eigenvalue weighted by molar-refractivity contribution is 7.80. The second-order valence-corrected chi connectivity index (χ2v) is 5.52. The fraction of sp³-hybridized carbons (Fsp3) is 0.750. The summed E-state index contributed by atoms with van der Waals surface area (Å²) < 4.78 is 29.7. The zero-order chi connectivity index (χ0) is 16.8. The Morgan fingerprint density at radius 1 is 1.35 bits per heavy atom. The van der Waals surface area contributed by atoms with Gasteiger partial charge in [0.1, 0.15) is 0 Å². The highest BCUT2D eigenvalue weighted by Crippen LogP contribution is 1.99. The standard InChI is InChI=1S/C8H15NO.C3H9N.CH4O4S/c1-3-4-5-6-7(2)8(9)10;1-4(2)3;1-5-6(2,3)4/h6H,3-5H2,1-2H3,(H2,9,10);1-3H3;1H3,(H,2,3,4)/b7-6+;;. The van der Waals surface area contributed by atoms with E-state index in [1.165, 1.54) is 0 Å². The zero-order valence-electron chi connectivity index (χ0n) is 13.2. The molecule has 0 bridgehead atoms. The number of primary amides is 1. The Balaban J connectivity index is -0.000000246.